The highest BCUT2D eigenvalue weighted by Crippen LogP contribution is 2.32. The second kappa shape index (κ2) is 4.60. The summed E-state index contributed by atoms with van der Waals surface area (Å²) in [4.78, 5) is 12.3. The van der Waals surface area contributed by atoms with E-state index in [2.05, 4.69) is 30.3 Å². The van der Waals surface area contributed by atoms with Gasteiger partial charge in [0.1, 0.15) is 0 Å². The molecule has 0 spiro atoms. The van der Waals surface area contributed by atoms with E-state index < -0.39 is 0 Å². The molecule has 2 nitrogen and oxygen atoms in total. The SMILES string of the molecule is O=c1sc2cc(-c3ccccc3)ccc2n1CC1CC1. The van der Waals surface area contributed by atoms with Gasteiger partial charge in [0.05, 0.1) is 10.2 Å². The van der Waals surface area contributed by atoms with E-state index in [1.54, 1.807) is 0 Å². The topological polar surface area (TPSA) is 22.0 Å². The van der Waals surface area contributed by atoms with Gasteiger partial charge in [-0.1, -0.05) is 47.7 Å². The summed E-state index contributed by atoms with van der Waals surface area (Å²) in [6.45, 7) is 0.892. The molecule has 0 aliphatic heterocycles. The van der Waals surface area contributed by atoms with Crippen LogP contribution in [0.5, 0.6) is 0 Å². The van der Waals surface area contributed by atoms with Gasteiger partial charge in [-0.2, -0.15) is 0 Å². The van der Waals surface area contributed by atoms with Crippen LogP contribution in [0.3, 0.4) is 0 Å². The van der Waals surface area contributed by atoms with E-state index in [1.165, 1.54) is 35.3 Å². The summed E-state index contributed by atoms with van der Waals surface area (Å²) in [7, 11) is 0. The zero-order valence-corrected chi connectivity index (χ0v) is 11.9. The lowest BCUT2D eigenvalue weighted by Gasteiger charge is -2.04. The Morgan fingerprint density at radius 3 is 2.60 bits per heavy atom. The monoisotopic (exact) mass is 281 g/mol. The summed E-state index contributed by atoms with van der Waals surface area (Å²) in [6.07, 6.45) is 2.54. The number of aromatic nitrogens is 1. The zero-order valence-electron chi connectivity index (χ0n) is 11.1. The fourth-order valence-corrected chi connectivity index (χ4v) is 3.55. The van der Waals surface area contributed by atoms with E-state index in [4.69, 9.17) is 0 Å². The average Bonchev–Trinajstić information content (AvgIpc) is 3.24. The van der Waals surface area contributed by atoms with Crippen LogP contribution in [-0.4, -0.2) is 4.57 Å². The third kappa shape index (κ3) is 2.08. The van der Waals surface area contributed by atoms with E-state index in [0.717, 1.165) is 22.7 Å². The fourth-order valence-electron chi connectivity index (χ4n) is 2.61. The summed E-state index contributed by atoms with van der Waals surface area (Å²) >= 11 is 1.36. The molecule has 0 atom stereocenters. The Morgan fingerprint density at radius 2 is 1.85 bits per heavy atom. The second-order valence-electron chi connectivity index (χ2n) is 5.47. The normalized spacial score (nSPS) is 14.8. The van der Waals surface area contributed by atoms with E-state index >= 15 is 0 Å². The molecule has 0 bridgehead atoms. The maximum atomic E-state index is 12.1. The Labute approximate surface area is 121 Å². The predicted molar refractivity (Wildman–Crippen MR) is 84.2 cm³/mol. The molecule has 0 unspecified atom stereocenters. The van der Waals surface area contributed by atoms with Gasteiger partial charge < -0.3 is 0 Å². The Kier molecular flexibility index (Phi) is 2.74. The quantitative estimate of drug-likeness (QED) is 0.707. The molecule has 1 saturated carbocycles. The van der Waals surface area contributed by atoms with Gasteiger partial charge in [-0.3, -0.25) is 9.36 Å². The standard InChI is InChI=1S/C17H15NOS/c19-17-18(11-12-6-7-12)15-9-8-14(10-16(15)20-17)13-4-2-1-3-5-13/h1-5,8-10,12H,6-7,11H2. The highest BCUT2D eigenvalue weighted by molar-refractivity contribution is 7.16. The molecule has 1 heterocycles. The first kappa shape index (κ1) is 11.9. The lowest BCUT2D eigenvalue weighted by molar-refractivity contribution is 0.637. The van der Waals surface area contributed by atoms with Gasteiger partial charge in [-0.25, -0.2) is 0 Å². The summed E-state index contributed by atoms with van der Waals surface area (Å²) in [5, 5.41) is 0. The van der Waals surface area contributed by atoms with Crippen molar-refractivity contribution < 1.29 is 0 Å². The van der Waals surface area contributed by atoms with Gasteiger partial charge in [0.25, 0.3) is 0 Å². The lowest BCUT2D eigenvalue weighted by Crippen LogP contribution is -2.13. The third-order valence-corrected chi connectivity index (χ3v) is 4.85. The number of fused-ring (bicyclic) bond motifs is 1. The molecule has 1 aliphatic carbocycles. The minimum Gasteiger partial charge on any atom is -0.298 e. The fraction of sp³-hybridized carbons (Fsp3) is 0.235. The van der Waals surface area contributed by atoms with Crippen molar-refractivity contribution in [3.63, 3.8) is 0 Å². The Balaban J connectivity index is 1.82. The van der Waals surface area contributed by atoms with Crippen LogP contribution in [0.2, 0.25) is 0 Å². The van der Waals surface area contributed by atoms with Crippen LogP contribution in [0.1, 0.15) is 12.8 Å². The number of hydrogen-bond donors (Lipinski definition) is 0. The van der Waals surface area contributed by atoms with Gasteiger partial charge >= 0.3 is 4.87 Å². The smallest absolute Gasteiger partial charge is 0.298 e. The maximum Gasteiger partial charge on any atom is 0.308 e. The third-order valence-electron chi connectivity index (χ3n) is 3.91. The second-order valence-corrected chi connectivity index (χ2v) is 6.46. The summed E-state index contributed by atoms with van der Waals surface area (Å²) in [6, 6.07) is 16.7. The van der Waals surface area contributed by atoms with Gasteiger partial charge in [-0.05, 0) is 42.0 Å². The number of rotatable bonds is 3. The van der Waals surface area contributed by atoms with Crippen molar-refractivity contribution in [3.8, 4) is 11.1 Å². The maximum absolute atomic E-state index is 12.1. The Hall–Kier alpha value is -1.87. The molecule has 20 heavy (non-hydrogen) atoms. The number of benzene rings is 2. The molecule has 0 N–H and O–H groups in total. The summed E-state index contributed by atoms with van der Waals surface area (Å²) in [5.41, 5.74) is 3.47. The molecular formula is C17H15NOS. The number of hydrogen-bond acceptors (Lipinski definition) is 2. The van der Waals surface area contributed by atoms with Crippen LogP contribution in [0.25, 0.3) is 21.3 Å². The molecule has 1 fully saturated rings. The van der Waals surface area contributed by atoms with Gasteiger partial charge in [0.2, 0.25) is 0 Å². The highest BCUT2D eigenvalue weighted by Gasteiger charge is 2.23. The molecule has 100 valence electrons. The van der Waals surface area contributed by atoms with Crippen LogP contribution in [-0.2, 0) is 6.54 Å². The molecule has 4 rings (SSSR count). The largest absolute Gasteiger partial charge is 0.308 e. The van der Waals surface area contributed by atoms with Crippen LogP contribution >= 0.6 is 11.3 Å². The molecule has 2 aromatic carbocycles. The van der Waals surface area contributed by atoms with E-state index in [0.29, 0.717) is 0 Å². The first-order valence-electron chi connectivity index (χ1n) is 7.00. The van der Waals surface area contributed by atoms with Crippen LogP contribution in [0, 0.1) is 5.92 Å². The molecule has 0 radical (unpaired) electrons. The first-order valence-corrected chi connectivity index (χ1v) is 7.82. The summed E-state index contributed by atoms with van der Waals surface area (Å²) < 4.78 is 3.05. The van der Waals surface area contributed by atoms with Crippen molar-refractivity contribution in [2.45, 2.75) is 19.4 Å². The van der Waals surface area contributed by atoms with Gasteiger partial charge in [0, 0.05) is 6.54 Å². The molecule has 1 aromatic heterocycles. The van der Waals surface area contributed by atoms with Crippen molar-refractivity contribution in [2.24, 2.45) is 5.92 Å². The molecule has 1 aliphatic rings. The molecule has 0 amide bonds. The van der Waals surface area contributed by atoms with E-state index in [9.17, 15) is 4.79 Å². The van der Waals surface area contributed by atoms with Crippen molar-refractivity contribution in [1.29, 1.82) is 0 Å². The molecular weight excluding hydrogens is 266 g/mol. The van der Waals surface area contributed by atoms with E-state index in [-0.39, 0.29) is 4.87 Å². The predicted octanol–water partition coefficient (Wildman–Crippen LogP) is 4.14. The van der Waals surface area contributed by atoms with E-state index in [1.807, 2.05) is 22.8 Å². The van der Waals surface area contributed by atoms with Gasteiger partial charge in [-0.15, -0.1) is 0 Å². The minimum absolute atomic E-state index is 0.178. The molecule has 3 aromatic rings. The minimum atomic E-state index is 0.178. The number of nitrogens with zero attached hydrogens (tertiary/aromatic N) is 1. The Bertz CT molecular complexity index is 812. The van der Waals surface area contributed by atoms with Crippen LogP contribution in [0.4, 0.5) is 0 Å². The average molecular weight is 281 g/mol. The van der Waals surface area contributed by atoms with Crippen LogP contribution in [0.15, 0.2) is 53.3 Å². The van der Waals surface area contributed by atoms with Gasteiger partial charge in [0.15, 0.2) is 0 Å². The number of thiazole rings is 1. The first-order chi connectivity index (χ1) is 9.81. The zero-order chi connectivity index (χ0) is 13.5. The van der Waals surface area contributed by atoms with Crippen molar-refractivity contribution in [1.82, 2.24) is 4.57 Å². The Morgan fingerprint density at radius 1 is 1.05 bits per heavy atom. The molecule has 3 heteroatoms. The van der Waals surface area contributed by atoms with Crippen LogP contribution < -0.4 is 4.87 Å². The van der Waals surface area contributed by atoms with Crippen molar-refractivity contribution in [3.05, 3.63) is 58.2 Å². The van der Waals surface area contributed by atoms with Crippen molar-refractivity contribution >= 4 is 21.6 Å². The summed E-state index contributed by atoms with van der Waals surface area (Å²) in [5.74, 6) is 0.722. The van der Waals surface area contributed by atoms with Crippen molar-refractivity contribution in [2.75, 3.05) is 0 Å². The highest BCUT2D eigenvalue weighted by atomic mass is 32.1. The lowest BCUT2D eigenvalue weighted by atomic mass is 10.1. The molecule has 0 saturated heterocycles.